The lowest BCUT2D eigenvalue weighted by molar-refractivity contribution is 0.127. The minimum atomic E-state index is -0.307. The minimum Gasteiger partial charge on any atom is -0.507 e. The molecular weight excluding hydrogens is 504 g/mol. The van der Waals surface area contributed by atoms with E-state index in [-0.39, 0.29) is 18.4 Å². The summed E-state index contributed by atoms with van der Waals surface area (Å²) in [4.78, 5) is 17.8. The molecule has 0 radical (unpaired) electrons. The molecule has 3 aromatic heterocycles. The van der Waals surface area contributed by atoms with E-state index in [2.05, 4.69) is 30.3 Å². The Kier molecular flexibility index (Phi) is 6.82. The number of H-pyrrole nitrogens is 1. The number of aromatic hydroxyl groups is 1. The Bertz CT molecular complexity index is 1480. The first kappa shape index (κ1) is 25.4. The number of likely N-dealkylation sites (tertiary alicyclic amines) is 1. The predicted octanol–water partition coefficient (Wildman–Crippen LogP) is 3.15. The second-order valence-corrected chi connectivity index (χ2v) is 11.3. The molecular formula is C30H36N8O2. The number of phenols is 1. The van der Waals surface area contributed by atoms with Crippen LogP contribution < -0.4 is 10.2 Å². The highest BCUT2D eigenvalue weighted by Crippen LogP contribution is 2.38. The van der Waals surface area contributed by atoms with Crippen LogP contribution in [0.15, 0.2) is 42.7 Å². The van der Waals surface area contributed by atoms with E-state index in [1.165, 1.54) is 18.4 Å². The van der Waals surface area contributed by atoms with Crippen LogP contribution in [0.5, 0.6) is 5.75 Å². The molecule has 0 unspecified atom stereocenters. The van der Waals surface area contributed by atoms with Crippen molar-refractivity contribution in [2.45, 2.75) is 50.1 Å². The zero-order chi connectivity index (χ0) is 27.1. The molecule has 0 amide bonds. The maximum atomic E-state index is 10.6. The van der Waals surface area contributed by atoms with Gasteiger partial charge < -0.3 is 30.3 Å². The third-order valence-electron chi connectivity index (χ3n) is 9.08. The summed E-state index contributed by atoms with van der Waals surface area (Å²) in [5, 5.41) is 34.1. The minimum absolute atomic E-state index is 0.0749. The van der Waals surface area contributed by atoms with Crippen molar-refractivity contribution in [1.82, 2.24) is 35.4 Å². The van der Waals surface area contributed by atoms with E-state index >= 15 is 0 Å². The molecule has 208 valence electrons. The Hall–Kier alpha value is -3.60. The molecule has 0 saturated carbocycles. The molecule has 3 aliphatic heterocycles. The fraction of sp³-hybridized carbons (Fsp3) is 0.467. The van der Waals surface area contributed by atoms with E-state index in [1.54, 1.807) is 12.1 Å². The molecule has 0 aliphatic carbocycles. The van der Waals surface area contributed by atoms with Crippen molar-refractivity contribution in [3.63, 3.8) is 0 Å². The van der Waals surface area contributed by atoms with Crippen LogP contribution in [-0.4, -0.2) is 85.6 Å². The number of benzene rings is 1. The summed E-state index contributed by atoms with van der Waals surface area (Å²) in [6.45, 7) is 5.18. The first-order chi connectivity index (χ1) is 19.7. The summed E-state index contributed by atoms with van der Waals surface area (Å²) < 4.78 is 0. The number of aromatic amines is 1. The van der Waals surface area contributed by atoms with Gasteiger partial charge in [-0.2, -0.15) is 0 Å². The maximum Gasteiger partial charge on any atom is 0.225 e. The number of nitrogens with zero attached hydrogens (tertiary/aromatic N) is 6. The fourth-order valence-corrected chi connectivity index (χ4v) is 6.90. The average Bonchev–Trinajstić information content (AvgIpc) is 3.39. The quantitative estimate of drug-likeness (QED) is 0.302. The molecule has 10 nitrogen and oxygen atoms in total. The lowest BCUT2D eigenvalue weighted by Crippen LogP contribution is -2.46. The summed E-state index contributed by atoms with van der Waals surface area (Å²) in [7, 11) is 0. The van der Waals surface area contributed by atoms with Crippen LogP contribution in [-0.2, 0) is 6.42 Å². The van der Waals surface area contributed by atoms with Crippen LogP contribution >= 0.6 is 0 Å². The van der Waals surface area contributed by atoms with Gasteiger partial charge in [-0.1, -0.05) is 12.1 Å². The van der Waals surface area contributed by atoms with Crippen LogP contribution in [0.4, 0.5) is 5.95 Å². The number of nitrogens with one attached hydrogen (secondary N) is 2. The molecule has 6 heterocycles. The van der Waals surface area contributed by atoms with Gasteiger partial charge in [0.15, 0.2) is 5.65 Å². The highest BCUT2D eigenvalue weighted by Gasteiger charge is 2.33. The number of fused-ring (bicyclic) bond motifs is 3. The van der Waals surface area contributed by atoms with Crippen molar-refractivity contribution in [1.29, 1.82) is 0 Å². The molecule has 1 atom stereocenters. The van der Waals surface area contributed by atoms with E-state index < -0.39 is 0 Å². The predicted molar refractivity (Wildman–Crippen MR) is 153 cm³/mol. The standard InChI is InChI=1S/C30H36N8O2/c39-18-26-28-23-15-25(22-3-1-2-4-27(22)40)35-36-29(23)34-24(28)9-14-38(26)30-32-16-20(17-33-30)19-7-12-37(13-8-19)21-5-10-31-11-6-21/h1-4,15-17,19,21,26,31,39-40H,5-14,18H2,(H,34,36)/t26-/m1/s1. The van der Waals surface area contributed by atoms with E-state index in [1.807, 2.05) is 30.6 Å². The number of aliphatic hydroxyl groups excluding tert-OH is 1. The molecule has 0 bridgehead atoms. The monoisotopic (exact) mass is 540 g/mol. The summed E-state index contributed by atoms with van der Waals surface area (Å²) in [5.41, 5.74) is 5.14. The van der Waals surface area contributed by atoms with Gasteiger partial charge in [0.25, 0.3) is 0 Å². The van der Waals surface area contributed by atoms with Crippen molar-refractivity contribution in [3.05, 3.63) is 59.5 Å². The van der Waals surface area contributed by atoms with Crippen molar-refractivity contribution in [2.75, 3.05) is 44.2 Å². The van der Waals surface area contributed by atoms with E-state index in [0.717, 1.165) is 68.1 Å². The molecule has 1 aromatic carbocycles. The van der Waals surface area contributed by atoms with Crippen molar-refractivity contribution in [3.8, 4) is 17.0 Å². The third kappa shape index (κ3) is 4.59. The average molecular weight is 541 g/mol. The summed E-state index contributed by atoms with van der Waals surface area (Å²) in [6, 6.07) is 9.48. The van der Waals surface area contributed by atoms with Crippen LogP contribution in [0, 0.1) is 0 Å². The number of para-hydroxylation sites is 1. The van der Waals surface area contributed by atoms with Gasteiger partial charge in [0, 0.05) is 53.6 Å². The van der Waals surface area contributed by atoms with E-state index in [4.69, 9.17) is 9.97 Å². The highest BCUT2D eigenvalue weighted by molar-refractivity contribution is 5.86. The molecule has 3 aliphatic rings. The van der Waals surface area contributed by atoms with Gasteiger partial charge in [0.1, 0.15) is 5.75 Å². The second kappa shape index (κ2) is 10.8. The summed E-state index contributed by atoms with van der Waals surface area (Å²) >= 11 is 0. The van der Waals surface area contributed by atoms with Crippen LogP contribution in [0.1, 0.15) is 54.5 Å². The zero-order valence-corrected chi connectivity index (χ0v) is 22.6. The number of rotatable bonds is 5. The van der Waals surface area contributed by atoms with Gasteiger partial charge in [-0.25, -0.2) is 9.97 Å². The molecule has 2 fully saturated rings. The SMILES string of the molecule is OC[C@@H]1c2c([nH]c3nnc(-c4ccccc4O)cc23)CCN1c1ncc(C2CCN(C3CCNCC3)CC2)cn1. The first-order valence-electron chi connectivity index (χ1n) is 14.5. The fourth-order valence-electron chi connectivity index (χ4n) is 6.90. The van der Waals surface area contributed by atoms with E-state index in [9.17, 15) is 10.2 Å². The van der Waals surface area contributed by atoms with Crippen LogP contribution in [0.2, 0.25) is 0 Å². The Balaban J connectivity index is 1.11. The van der Waals surface area contributed by atoms with Crippen LogP contribution in [0.25, 0.3) is 22.3 Å². The molecule has 7 rings (SSSR count). The Morgan fingerprint density at radius 1 is 0.950 bits per heavy atom. The van der Waals surface area contributed by atoms with Gasteiger partial charge in [-0.15, -0.1) is 10.2 Å². The number of anilines is 1. The molecule has 0 spiro atoms. The van der Waals surface area contributed by atoms with Gasteiger partial charge >= 0.3 is 0 Å². The van der Waals surface area contributed by atoms with Gasteiger partial charge in [-0.3, -0.25) is 0 Å². The normalized spacial score (nSPS) is 21.1. The number of aliphatic hydroxyl groups is 1. The maximum absolute atomic E-state index is 10.6. The number of hydrogen-bond donors (Lipinski definition) is 4. The van der Waals surface area contributed by atoms with Crippen molar-refractivity contribution < 1.29 is 10.2 Å². The Labute approximate surface area is 233 Å². The largest absolute Gasteiger partial charge is 0.507 e. The smallest absolute Gasteiger partial charge is 0.225 e. The number of hydrogen-bond acceptors (Lipinski definition) is 9. The topological polar surface area (TPSA) is 126 Å². The zero-order valence-electron chi connectivity index (χ0n) is 22.6. The van der Waals surface area contributed by atoms with Crippen molar-refractivity contribution >= 4 is 17.0 Å². The molecule has 4 aromatic rings. The Morgan fingerprint density at radius 2 is 1.73 bits per heavy atom. The number of aromatic nitrogens is 5. The second-order valence-electron chi connectivity index (χ2n) is 11.3. The van der Waals surface area contributed by atoms with Gasteiger partial charge in [0.05, 0.1) is 18.3 Å². The summed E-state index contributed by atoms with van der Waals surface area (Å²) in [6.07, 6.45) is 9.55. The van der Waals surface area contributed by atoms with E-state index in [0.29, 0.717) is 35.3 Å². The number of phenolic OH excluding ortho intramolecular Hbond substituents is 1. The first-order valence-corrected chi connectivity index (χ1v) is 14.5. The summed E-state index contributed by atoms with van der Waals surface area (Å²) in [5.74, 6) is 1.29. The van der Waals surface area contributed by atoms with Gasteiger partial charge in [-0.05, 0) is 81.5 Å². The Morgan fingerprint density at radius 3 is 2.48 bits per heavy atom. The lowest BCUT2D eigenvalue weighted by Gasteiger charge is -2.39. The van der Waals surface area contributed by atoms with Crippen molar-refractivity contribution in [2.24, 2.45) is 0 Å². The lowest BCUT2D eigenvalue weighted by atomic mass is 9.89. The molecule has 2 saturated heterocycles. The molecule has 10 heteroatoms. The van der Waals surface area contributed by atoms with Crippen LogP contribution in [0.3, 0.4) is 0 Å². The number of piperidine rings is 2. The highest BCUT2D eigenvalue weighted by atomic mass is 16.3. The third-order valence-corrected chi connectivity index (χ3v) is 9.08. The molecule has 4 N–H and O–H groups in total. The van der Waals surface area contributed by atoms with Gasteiger partial charge in [0.2, 0.25) is 5.95 Å². The molecule has 40 heavy (non-hydrogen) atoms.